The Bertz CT molecular complexity index is 733. The Labute approximate surface area is 148 Å². The first kappa shape index (κ1) is 16.6. The van der Waals surface area contributed by atoms with E-state index in [1.807, 2.05) is 0 Å². The Kier molecular flexibility index (Phi) is 5.09. The molecule has 3 rings (SSSR count). The number of amides is 1. The van der Waals surface area contributed by atoms with Crippen LogP contribution in [-0.4, -0.2) is 17.5 Å². The van der Waals surface area contributed by atoms with Crippen molar-refractivity contribution in [2.75, 3.05) is 11.9 Å². The van der Waals surface area contributed by atoms with Crippen molar-refractivity contribution in [3.05, 3.63) is 38.8 Å². The lowest BCUT2D eigenvalue weighted by atomic mass is 9.93. The van der Waals surface area contributed by atoms with Gasteiger partial charge >= 0.3 is 0 Å². The smallest absolute Gasteiger partial charge is 0.264 e. The summed E-state index contributed by atoms with van der Waals surface area (Å²) in [6, 6.07) is 4.88. The van der Waals surface area contributed by atoms with Gasteiger partial charge in [0.25, 0.3) is 5.91 Å². The van der Waals surface area contributed by atoms with Crippen LogP contribution in [0.4, 0.5) is 5.13 Å². The molecule has 23 heavy (non-hydrogen) atoms. The summed E-state index contributed by atoms with van der Waals surface area (Å²) in [6.07, 6.45) is 3.18. The Hall–Kier alpha value is -1.30. The zero-order chi connectivity index (χ0) is 16.4. The molecular weight excluding hydrogens is 355 g/mol. The van der Waals surface area contributed by atoms with Gasteiger partial charge in [0.2, 0.25) is 0 Å². The van der Waals surface area contributed by atoms with Crippen LogP contribution in [0.1, 0.15) is 23.9 Å². The number of rotatable bonds is 4. The summed E-state index contributed by atoms with van der Waals surface area (Å²) in [5, 5.41) is 4.33. The third-order valence-corrected chi connectivity index (χ3v) is 5.25. The van der Waals surface area contributed by atoms with Gasteiger partial charge < -0.3 is 4.74 Å². The fourth-order valence-corrected chi connectivity index (χ4v) is 4.13. The minimum absolute atomic E-state index is 0.123. The van der Waals surface area contributed by atoms with Gasteiger partial charge in [-0.25, -0.2) is 4.98 Å². The summed E-state index contributed by atoms with van der Waals surface area (Å²) < 4.78 is 5.42. The molecule has 2 aromatic rings. The highest BCUT2D eigenvalue weighted by Crippen LogP contribution is 2.32. The van der Waals surface area contributed by atoms with Gasteiger partial charge in [0.05, 0.1) is 10.7 Å². The zero-order valence-electron chi connectivity index (χ0n) is 12.6. The van der Waals surface area contributed by atoms with Crippen LogP contribution in [0.3, 0.4) is 0 Å². The quantitative estimate of drug-likeness (QED) is 0.855. The summed E-state index contributed by atoms with van der Waals surface area (Å²) in [7, 11) is 0. The molecule has 4 nitrogen and oxygen atoms in total. The lowest BCUT2D eigenvalue weighted by molar-refractivity contribution is -0.118. The van der Waals surface area contributed by atoms with Crippen molar-refractivity contribution in [2.45, 2.75) is 26.2 Å². The molecule has 1 aliphatic carbocycles. The van der Waals surface area contributed by atoms with Crippen molar-refractivity contribution in [2.24, 2.45) is 5.92 Å². The number of thiazole rings is 1. The minimum Gasteiger partial charge on any atom is -0.482 e. The third-order valence-electron chi connectivity index (χ3n) is 3.69. The van der Waals surface area contributed by atoms with E-state index in [4.69, 9.17) is 27.9 Å². The van der Waals surface area contributed by atoms with Gasteiger partial charge in [-0.3, -0.25) is 10.1 Å². The van der Waals surface area contributed by atoms with Crippen LogP contribution >= 0.6 is 34.5 Å². The van der Waals surface area contributed by atoms with E-state index in [9.17, 15) is 4.79 Å². The topological polar surface area (TPSA) is 51.2 Å². The third kappa shape index (κ3) is 4.16. The summed E-state index contributed by atoms with van der Waals surface area (Å²) in [4.78, 5) is 17.8. The normalized spacial score (nSPS) is 16.7. The molecule has 1 atom stereocenters. The van der Waals surface area contributed by atoms with E-state index in [-0.39, 0.29) is 12.5 Å². The number of aryl methyl sites for hydroxylation is 1. The first-order valence-corrected chi connectivity index (χ1v) is 8.95. The predicted molar refractivity (Wildman–Crippen MR) is 93.9 cm³/mol. The van der Waals surface area contributed by atoms with E-state index in [0.29, 0.717) is 26.8 Å². The first-order chi connectivity index (χ1) is 11.0. The highest BCUT2D eigenvalue weighted by atomic mass is 35.5. The molecule has 1 N–H and O–H groups in total. The molecule has 1 amide bonds. The second kappa shape index (κ2) is 7.07. The van der Waals surface area contributed by atoms with Crippen molar-refractivity contribution >= 4 is 45.6 Å². The number of ether oxygens (including phenoxy) is 1. The van der Waals surface area contributed by atoms with Gasteiger partial charge in [0.1, 0.15) is 5.75 Å². The van der Waals surface area contributed by atoms with E-state index in [2.05, 4.69) is 17.2 Å². The lowest BCUT2D eigenvalue weighted by Gasteiger charge is -2.15. The van der Waals surface area contributed by atoms with E-state index in [1.54, 1.807) is 29.5 Å². The molecule has 0 unspecified atom stereocenters. The van der Waals surface area contributed by atoms with Crippen LogP contribution in [0, 0.1) is 5.92 Å². The van der Waals surface area contributed by atoms with Crippen molar-refractivity contribution < 1.29 is 9.53 Å². The SMILES string of the molecule is C[C@H]1CCc2nc(NC(=O)COc3ccc(Cl)cc3Cl)sc2C1. The number of halogens is 2. The Balaban J connectivity index is 1.57. The molecular formula is C16H16Cl2N2O2S. The Morgan fingerprint density at radius 1 is 1.48 bits per heavy atom. The Morgan fingerprint density at radius 2 is 2.30 bits per heavy atom. The van der Waals surface area contributed by atoms with Crippen LogP contribution in [0.5, 0.6) is 5.75 Å². The number of nitrogens with zero attached hydrogens (tertiary/aromatic N) is 1. The summed E-state index contributed by atoms with van der Waals surface area (Å²) in [6.45, 7) is 2.12. The molecule has 1 aromatic carbocycles. The van der Waals surface area contributed by atoms with Crippen molar-refractivity contribution in [1.82, 2.24) is 4.98 Å². The fraction of sp³-hybridized carbons (Fsp3) is 0.375. The van der Waals surface area contributed by atoms with Gasteiger partial charge in [-0.2, -0.15) is 0 Å². The standard InChI is InChI=1S/C16H16Cl2N2O2S/c1-9-2-4-12-14(6-9)23-16(19-12)20-15(21)8-22-13-5-3-10(17)7-11(13)18/h3,5,7,9H,2,4,6,8H2,1H3,(H,19,20,21)/t9-/m0/s1. The number of anilines is 1. The fourth-order valence-electron chi connectivity index (χ4n) is 2.48. The second-order valence-electron chi connectivity index (χ2n) is 5.65. The van der Waals surface area contributed by atoms with Gasteiger partial charge in [0.15, 0.2) is 11.7 Å². The highest BCUT2D eigenvalue weighted by molar-refractivity contribution is 7.15. The molecule has 1 aliphatic rings. The maximum Gasteiger partial charge on any atom is 0.264 e. The zero-order valence-corrected chi connectivity index (χ0v) is 14.9. The van der Waals surface area contributed by atoms with Crippen LogP contribution < -0.4 is 10.1 Å². The molecule has 7 heteroatoms. The van der Waals surface area contributed by atoms with E-state index >= 15 is 0 Å². The molecule has 0 saturated carbocycles. The second-order valence-corrected chi connectivity index (χ2v) is 7.58. The number of hydrogen-bond donors (Lipinski definition) is 1. The van der Waals surface area contributed by atoms with Crippen molar-refractivity contribution in [3.8, 4) is 5.75 Å². The number of benzene rings is 1. The largest absolute Gasteiger partial charge is 0.482 e. The molecule has 0 bridgehead atoms. The summed E-state index contributed by atoms with van der Waals surface area (Å²) in [5.41, 5.74) is 1.12. The number of fused-ring (bicyclic) bond motifs is 1. The number of hydrogen-bond acceptors (Lipinski definition) is 4. The van der Waals surface area contributed by atoms with Crippen LogP contribution in [-0.2, 0) is 17.6 Å². The van der Waals surface area contributed by atoms with Crippen molar-refractivity contribution in [1.29, 1.82) is 0 Å². The van der Waals surface area contributed by atoms with Gasteiger partial charge in [-0.05, 0) is 43.4 Å². The van der Waals surface area contributed by atoms with E-state index in [0.717, 1.165) is 25.0 Å². The number of nitrogens with one attached hydrogen (secondary N) is 1. The van der Waals surface area contributed by atoms with Gasteiger partial charge in [-0.15, -0.1) is 11.3 Å². The van der Waals surface area contributed by atoms with E-state index in [1.165, 1.54) is 4.88 Å². The maximum absolute atomic E-state index is 12.0. The molecule has 0 aliphatic heterocycles. The van der Waals surface area contributed by atoms with Crippen LogP contribution in [0.25, 0.3) is 0 Å². The molecule has 122 valence electrons. The monoisotopic (exact) mass is 370 g/mol. The molecule has 1 aromatic heterocycles. The van der Waals surface area contributed by atoms with E-state index < -0.39 is 0 Å². The molecule has 0 fully saturated rings. The van der Waals surface area contributed by atoms with Gasteiger partial charge in [0, 0.05) is 9.90 Å². The minimum atomic E-state index is -0.254. The molecule has 1 heterocycles. The van der Waals surface area contributed by atoms with Crippen LogP contribution in [0.2, 0.25) is 10.0 Å². The molecule has 0 radical (unpaired) electrons. The Morgan fingerprint density at radius 3 is 3.09 bits per heavy atom. The molecule has 0 saturated heterocycles. The highest BCUT2D eigenvalue weighted by Gasteiger charge is 2.20. The van der Waals surface area contributed by atoms with Gasteiger partial charge in [-0.1, -0.05) is 30.1 Å². The number of aromatic nitrogens is 1. The average Bonchev–Trinajstić information content (AvgIpc) is 2.87. The first-order valence-electron chi connectivity index (χ1n) is 7.37. The summed E-state index contributed by atoms with van der Waals surface area (Å²) >= 11 is 13.4. The summed E-state index contributed by atoms with van der Waals surface area (Å²) in [5.74, 6) is 0.857. The maximum atomic E-state index is 12.0. The number of carbonyl (C=O) groups is 1. The lowest BCUT2D eigenvalue weighted by Crippen LogP contribution is -2.20. The molecule has 0 spiro atoms. The predicted octanol–water partition coefficient (Wildman–Crippen LogP) is 4.59. The van der Waals surface area contributed by atoms with Crippen LogP contribution in [0.15, 0.2) is 18.2 Å². The number of carbonyl (C=O) groups excluding carboxylic acids is 1. The average molecular weight is 371 g/mol. The van der Waals surface area contributed by atoms with Crippen molar-refractivity contribution in [3.63, 3.8) is 0 Å².